The summed E-state index contributed by atoms with van der Waals surface area (Å²) in [5, 5.41) is 9.00. The van der Waals surface area contributed by atoms with Gasteiger partial charge < -0.3 is 4.90 Å². The molecule has 6 nitrogen and oxygen atoms in total. The Morgan fingerprint density at radius 3 is 2.34 bits per heavy atom. The van der Waals surface area contributed by atoms with Crippen molar-refractivity contribution in [2.24, 2.45) is 0 Å². The van der Waals surface area contributed by atoms with Crippen LogP contribution in [-0.4, -0.2) is 49.7 Å². The molecule has 0 saturated carbocycles. The molecule has 2 aromatic carbocycles. The maximum atomic E-state index is 13.0. The number of rotatable bonds is 5. The van der Waals surface area contributed by atoms with Gasteiger partial charge in [-0.3, -0.25) is 4.79 Å². The van der Waals surface area contributed by atoms with E-state index in [0.717, 1.165) is 12.0 Å². The van der Waals surface area contributed by atoms with E-state index in [1.165, 1.54) is 4.31 Å². The number of sulfonamides is 1. The van der Waals surface area contributed by atoms with Gasteiger partial charge in [-0.05, 0) is 48.2 Å². The molecule has 0 aliphatic carbocycles. The maximum absolute atomic E-state index is 13.0. The fourth-order valence-electron chi connectivity index (χ4n) is 3.39. The Balaban J connectivity index is 1.68. The van der Waals surface area contributed by atoms with E-state index < -0.39 is 10.0 Å². The minimum atomic E-state index is -3.58. The molecule has 1 atom stereocenters. The molecule has 0 unspecified atom stereocenters. The first kappa shape index (κ1) is 21.0. The Morgan fingerprint density at radius 1 is 1.10 bits per heavy atom. The van der Waals surface area contributed by atoms with Crippen LogP contribution in [0.2, 0.25) is 0 Å². The highest BCUT2D eigenvalue weighted by Crippen LogP contribution is 2.23. The van der Waals surface area contributed by atoms with Gasteiger partial charge in [-0.15, -0.1) is 0 Å². The summed E-state index contributed by atoms with van der Waals surface area (Å²) >= 11 is 0. The predicted octanol–water partition coefficient (Wildman–Crippen LogP) is 3.22. The van der Waals surface area contributed by atoms with Crippen molar-refractivity contribution in [3.63, 3.8) is 0 Å². The summed E-state index contributed by atoms with van der Waals surface area (Å²) in [6.45, 7) is 5.36. The fraction of sp³-hybridized carbons (Fsp3) is 0.364. The van der Waals surface area contributed by atoms with Crippen molar-refractivity contribution in [1.82, 2.24) is 9.21 Å². The monoisotopic (exact) mass is 411 g/mol. The Hall–Kier alpha value is -2.69. The summed E-state index contributed by atoms with van der Waals surface area (Å²) in [5.41, 5.74) is 2.00. The van der Waals surface area contributed by atoms with Crippen LogP contribution in [0.1, 0.15) is 47.7 Å². The number of hydrogen-bond acceptors (Lipinski definition) is 4. The van der Waals surface area contributed by atoms with Crippen molar-refractivity contribution >= 4 is 15.9 Å². The molecule has 0 bridgehead atoms. The molecule has 0 spiro atoms. The normalized spacial score (nSPS) is 16.2. The van der Waals surface area contributed by atoms with Gasteiger partial charge in [-0.1, -0.05) is 32.0 Å². The molecule has 7 heteroatoms. The summed E-state index contributed by atoms with van der Waals surface area (Å²) in [7, 11) is -3.58. The highest BCUT2D eigenvalue weighted by atomic mass is 32.2. The Morgan fingerprint density at radius 2 is 1.76 bits per heavy atom. The number of nitrogens with zero attached hydrogens (tertiary/aromatic N) is 3. The lowest BCUT2D eigenvalue weighted by atomic mass is 9.99. The zero-order chi connectivity index (χ0) is 21.0. The van der Waals surface area contributed by atoms with Crippen LogP contribution in [0.3, 0.4) is 0 Å². The van der Waals surface area contributed by atoms with Gasteiger partial charge in [0, 0.05) is 31.7 Å². The molecule has 0 N–H and O–H groups in total. The SMILES string of the molecule is CC[C@@H](C)c1ccc(S(=O)(=O)N2CCN(C(=O)c3cccc(C#N)c3)CC2)cc1. The van der Waals surface area contributed by atoms with E-state index in [1.54, 1.807) is 41.3 Å². The molecule has 29 heavy (non-hydrogen) atoms. The first-order valence-electron chi connectivity index (χ1n) is 9.76. The lowest BCUT2D eigenvalue weighted by Crippen LogP contribution is -2.50. The van der Waals surface area contributed by atoms with Crippen LogP contribution < -0.4 is 0 Å². The topological polar surface area (TPSA) is 81.5 Å². The van der Waals surface area contributed by atoms with E-state index in [9.17, 15) is 13.2 Å². The van der Waals surface area contributed by atoms with E-state index in [0.29, 0.717) is 30.1 Å². The van der Waals surface area contributed by atoms with Crippen LogP contribution in [0.15, 0.2) is 53.4 Å². The van der Waals surface area contributed by atoms with E-state index in [-0.39, 0.29) is 23.9 Å². The zero-order valence-corrected chi connectivity index (χ0v) is 17.5. The van der Waals surface area contributed by atoms with Crippen LogP contribution in [-0.2, 0) is 10.0 Å². The van der Waals surface area contributed by atoms with Gasteiger partial charge in [-0.2, -0.15) is 9.57 Å². The lowest BCUT2D eigenvalue weighted by Gasteiger charge is -2.34. The van der Waals surface area contributed by atoms with Crippen LogP contribution in [0.5, 0.6) is 0 Å². The molecule has 1 fully saturated rings. The van der Waals surface area contributed by atoms with Gasteiger partial charge in [0.25, 0.3) is 5.91 Å². The first-order chi connectivity index (χ1) is 13.9. The van der Waals surface area contributed by atoms with Crippen molar-refractivity contribution in [2.45, 2.75) is 31.1 Å². The third-order valence-electron chi connectivity index (χ3n) is 5.46. The van der Waals surface area contributed by atoms with Crippen molar-refractivity contribution in [3.8, 4) is 6.07 Å². The molecular formula is C22H25N3O3S. The number of hydrogen-bond donors (Lipinski definition) is 0. The Labute approximate surface area is 172 Å². The summed E-state index contributed by atoms with van der Waals surface area (Å²) in [4.78, 5) is 14.6. The minimum Gasteiger partial charge on any atom is -0.336 e. The largest absolute Gasteiger partial charge is 0.336 e. The van der Waals surface area contributed by atoms with Gasteiger partial charge in [-0.25, -0.2) is 8.42 Å². The van der Waals surface area contributed by atoms with Crippen LogP contribution in [0.4, 0.5) is 0 Å². The average molecular weight is 412 g/mol. The molecule has 0 aromatic heterocycles. The van der Waals surface area contributed by atoms with Crippen molar-refractivity contribution in [2.75, 3.05) is 26.2 Å². The van der Waals surface area contributed by atoms with Crippen molar-refractivity contribution in [3.05, 3.63) is 65.2 Å². The number of carbonyl (C=O) groups excluding carboxylic acids is 1. The number of nitriles is 1. The average Bonchev–Trinajstić information content (AvgIpc) is 2.78. The Kier molecular flexibility index (Phi) is 6.36. The first-order valence-corrected chi connectivity index (χ1v) is 11.2. The number of amides is 1. The van der Waals surface area contributed by atoms with E-state index in [1.807, 2.05) is 18.2 Å². The molecule has 2 aromatic rings. The quantitative estimate of drug-likeness (QED) is 0.756. The molecule has 0 radical (unpaired) electrons. The second-order valence-corrected chi connectivity index (χ2v) is 9.21. The number of carbonyl (C=O) groups is 1. The molecule has 1 aliphatic heterocycles. The van der Waals surface area contributed by atoms with Gasteiger partial charge in [0.15, 0.2) is 0 Å². The lowest BCUT2D eigenvalue weighted by molar-refractivity contribution is 0.0698. The Bertz CT molecular complexity index is 1020. The van der Waals surface area contributed by atoms with E-state index >= 15 is 0 Å². The summed E-state index contributed by atoms with van der Waals surface area (Å²) in [5.74, 6) is 0.206. The third kappa shape index (κ3) is 4.50. The maximum Gasteiger partial charge on any atom is 0.253 e. The summed E-state index contributed by atoms with van der Waals surface area (Å²) < 4.78 is 27.3. The van der Waals surface area contributed by atoms with Gasteiger partial charge >= 0.3 is 0 Å². The highest BCUT2D eigenvalue weighted by molar-refractivity contribution is 7.89. The molecule has 3 rings (SSSR count). The molecule has 1 heterocycles. The smallest absolute Gasteiger partial charge is 0.253 e. The number of benzene rings is 2. The second kappa shape index (κ2) is 8.76. The van der Waals surface area contributed by atoms with Crippen LogP contribution in [0.25, 0.3) is 0 Å². The molecule has 1 saturated heterocycles. The molecule has 152 valence electrons. The fourth-order valence-corrected chi connectivity index (χ4v) is 4.81. The molecular weight excluding hydrogens is 386 g/mol. The standard InChI is InChI=1S/C22H25N3O3S/c1-3-17(2)19-7-9-21(10-8-19)29(27,28)25-13-11-24(12-14-25)22(26)20-6-4-5-18(15-20)16-23/h4-10,15,17H,3,11-14H2,1-2H3/t17-/m1/s1. The van der Waals surface area contributed by atoms with Crippen molar-refractivity contribution in [1.29, 1.82) is 5.26 Å². The third-order valence-corrected chi connectivity index (χ3v) is 7.38. The molecule has 1 aliphatic rings. The van der Waals surface area contributed by atoms with Gasteiger partial charge in [0.2, 0.25) is 10.0 Å². The highest BCUT2D eigenvalue weighted by Gasteiger charge is 2.30. The second-order valence-electron chi connectivity index (χ2n) is 7.27. The van der Waals surface area contributed by atoms with Crippen molar-refractivity contribution < 1.29 is 13.2 Å². The van der Waals surface area contributed by atoms with E-state index in [4.69, 9.17) is 5.26 Å². The summed E-state index contributed by atoms with van der Waals surface area (Å²) in [6.07, 6.45) is 0.999. The molecule has 1 amide bonds. The number of piperazine rings is 1. The zero-order valence-electron chi connectivity index (χ0n) is 16.7. The summed E-state index contributed by atoms with van der Waals surface area (Å²) in [6, 6.07) is 15.7. The van der Waals surface area contributed by atoms with Gasteiger partial charge in [0.05, 0.1) is 16.5 Å². The predicted molar refractivity (Wildman–Crippen MR) is 111 cm³/mol. The van der Waals surface area contributed by atoms with E-state index in [2.05, 4.69) is 13.8 Å². The van der Waals surface area contributed by atoms with Crippen LogP contribution in [0, 0.1) is 11.3 Å². The van der Waals surface area contributed by atoms with Crippen LogP contribution >= 0.6 is 0 Å². The van der Waals surface area contributed by atoms with Gasteiger partial charge in [0.1, 0.15) is 0 Å². The minimum absolute atomic E-state index is 0.183.